The highest BCUT2D eigenvalue weighted by Crippen LogP contribution is 2.25. The molecule has 1 unspecified atom stereocenters. The van der Waals surface area contributed by atoms with Crippen LogP contribution >= 0.6 is 11.8 Å². The lowest BCUT2D eigenvalue weighted by Gasteiger charge is -2.21. The maximum Gasteiger partial charge on any atom is 0.271 e. The number of rotatable bonds is 4. The van der Waals surface area contributed by atoms with Crippen LogP contribution in [-0.4, -0.2) is 22.5 Å². The molecule has 1 fully saturated rings. The number of nitro groups is 1. The number of hydrogen-bond donors (Lipinski definition) is 1. The van der Waals surface area contributed by atoms with E-state index in [1.165, 1.54) is 31.1 Å². The third-order valence-electron chi connectivity index (χ3n) is 2.86. The van der Waals surface area contributed by atoms with Crippen LogP contribution in [0.25, 0.3) is 0 Å². The van der Waals surface area contributed by atoms with Gasteiger partial charge in [0.15, 0.2) is 0 Å². The zero-order valence-corrected chi connectivity index (χ0v) is 10.4. The summed E-state index contributed by atoms with van der Waals surface area (Å²) in [4.78, 5) is 10.3. The Bertz CT molecular complexity index is 392. The molecule has 1 aromatic carbocycles. The molecule has 0 radical (unpaired) electrons. The Morgan fingerprint density at radius 2 is 2.35 bits per heavy atom. The minimum absolute atomic E-state index is 0.145. The number of benzene rings is 1. The lowest BCUT2D eigenvalue weighted by atomic mass is 10.2. The summed E-state index contributed by atoms with van der Waals surface area (Å²) in [6.45, 7) is 0.895. The molecular weight excluding hydrogens is 236 g/mol. The lowest BCUT2D eigenvalue weighted by molar-refractivity contribution is -0.384. The van der Waals surface area contributed by atoms with Crippen LogP contribution in [0, 0.1) is 10.1 Å². The van der Waals surface area contributed by atoms with Crippen molar-refractivity contribution < 1.29 is 4.92 Å². The average molecular weight is 252 g/mol. The maximum absolute atomic E-state index is 10.6. The summed E-state index contributed by atoms with van der Waals surface area (Å²) in [5.41, 5.74) is 0.983. The van der Waals surface area contributed by atoms with Gasteiger partial charge in [-0.15, -0.1) is 0 Å². The minimum Gasteiger partial charge on any atom is -0.384 e. The molecule has 1 N–H and O–H groups in total. The van der Waals surface area contributed by atoms with Crippen molar-refractivity contribution in [3.63, 3.8) is 0 Å². The van der Waals surface area contributed by atoms with Gasteiger partial charge in [0.1, 0.15) is 0 Å². The summed E-state index contributed by atoms with van der Waals surface area (Å²) in [6, 6.07) is 6.70. The normalized spacial score (nSPS) is 19.9. The van der Waals surface area contributed by atoms with Crippen molar-refractivity contribution >= 4 is 23.1 Å². The first-order valence-corrected chi connectivity index (χ1v) is 6.90. The number of non-ortho nitro benzene ring substituents is 1. The van der Waals surface area contributed by atoms with Crippen LogP contribution in [0.15, 0.2) is 24.3 Å². The molecule has 1 saturated heterocycles. The molecule has 0 bridgehead atoms. The van der Waals surface area contributed by atoms with Crippen LogP contribution < -0.4 is 5.32 Å². The van der Waals surface area contributed by atoms with Crippen LogP contribution in [-0.2, 0) is 0 Å². The van der Waals surface area contributed by atoms with Gasteiger partial charge < -0.3 is 5.32 Å². The zero-order chi connectivity index (χ0) is 12.1. The van der Waals surface area contributed by atoms with Gasteiger partial charge >= 0.3 is 0 Å². The van der Waals surface area contributed by atoms with Gasteiger partial charge in [0.25, 0.3) is 5.69 Å². The number of nitrogens with zero attached hydrogens (tertiary/aromatic N) is 1. The summed E-state index contributed by atoms with van der Waals surface area (Å²) in [5, 5.41) is 14.6. The van der Waals surface area contributed by atoms with Gasteiger partial charge in [-0.1, -0.05) is 12.5 Å². The molecule has 1 atom stereocenters. The zero-order valence-electron chi connectivity index (χ0n) is 9.59. The van der Waals surface area contributed by atoms with Crippen LogP contribution in [0.2, 0.25) is 0 Å². The van der Waals surface area contributed by atoms with Crippen molar-refractivity contribution in [3.05, 3.63) is 34.4 Å². The molecule has 4 nitrogen and oxygen atoms in total. The Balaban J connectivity index is 1.89. The second-order valence-corrected chi connectivity index (χ2v) is 5.59. The molecule has 1 heterocycles. The fourth-order valence-corrected chi connectivity index (χ4v) is 3.17. The number of nitrogens with one attached hydrogen (secondary N) is 1. The van der Waals surface area contributed by atoms with Crippen molar-refractivity contribution in [2.75, 3.05) is 17.6 Å². The minimum atomic E-state index is -0.361. The van der Waals surface area contributed by atoms with Gasteiger partial charge in [0, 0.05) is 29.6 Å². The number of nitro benzene ring substituents is 1. The van der Waals surface area contributed by atoms with E-state index in [1.54, 1.807) is 12.1 Å². The molecule has 0 saturated carbocycles. The van der Waals surface area contributed by atoms with E-state index in [0.717, 1.165) is 12.2 Å². The Morgan fingerprint density at radius 1 is 1.47 bits per heavy atom. The molecule has 0 spiro atoms. The standard InChI is InChI=1S/C12H16N2O2S/c15-14(16)11-5-3-4-10(8-11)13-9-12-6-1-2-7-17-12/h3-5,8,12-13H,1-2,6-7,9H2. The van der Waals surface area contributed by atoms with Crippen molar-refractivity contribution in [3.8, 4) is 0 Å². The van der Waals surface area contributed by atoms with Crippen LogP contribution in [0.3, 0.4) is 0 Å². The molecule has 5 heteroatoms. The highest BCUT2D eigenvalue weighted by atomic mass is 32.2. The Morgan fingerprint density at radius 3 is 3.06 bits per heavy atom. The molecule has 1 aliphatic rings. The molecule has 92 valence electrons. The second-order valence-electron chi connectivity index (χ2n) is 4.18. The maximum atomic E-state index is 10.6. The predicted molar refractivity (Wildman–Crippen MR) is 71.7 cm³/mol. The fraction of sp³-hybridized carbons (Fsp3) is 0.500. The first kappa shape index (κ1) is 12.2. The summed E-state index contributed by atoms with van der Waals surface area (Å²) < 4.78 is 0. The van der Waals surface area contributed by atoms with Gasteiger partial charge in [-0.25, -0.2) is 0 Å². The van der Waals surface area contributed by atoms with E-state index in [2.05, 4.69) is 5.32 Å². The Kier molecular flexibility index (Phi) is 4.25. The van der Waals surface area contributed by atoms with E-state index < -0.39 is 0 Å². The fourth-order valence-electron chi connectivity index (χ4n) is 1.93. The third-order valence-corrected chi connectivity index (χ3v) is 4.26. The molecule has 2 rings (SSSR count). The molecule has 0 aromatic heterocycles. The summed E-state index contributed by atoms with van der Waals surface area (Å²) in [7, 11) is 0. The number of hydrogen-bond acceptors (Lipinski definition) is 4. The highest BCUT2D eigenvalue weighted by Gasteiger charge is 2.13. The Hall–Kier alpha value is -1.23. The third kappa shape index (κ3) is 3.63. The van der Waals surface area contributed by atoms with Gasteiger partial charge in [0.2, 0.25) is 0 Å². The van der Waals surface area contributed by atoms with Crippen molar-refractivity contribution in [1.82, 2.24) is 0 Å². The quantitative estimate of drug-likeness (QED) is 0.660. The van der Waals surface area contributed by atoms with Crippen LogP contribution in [0.5, 0.6) is 0 Å². The van der Waals surface area contributed by atoms with E-state index >= 15 is 0 Å². The van der Waals surface area contributed by atoms with Crippen molar-refractivity contribution in [1.29, 1.82) is 0 Å². The van der Waals surface area contributed by atoms with Crippen LogP contribution in [0.1, 0.15) is 19.3 Å². The first-order chi connectivity index (χ1) is 8.25. The summed E-state index contributed by atoms with van der Waals surface area (Å²) in [6.07, 6.45) is 3.86. The van der Waals surface area contributed by atoms with Crippen LogP contribution in [0.4, 0.5) is 11.4 Å². The van der Waals surface area contributed by atoms with Gasteiger partial charge in [-0.2, -0.15) is 11.8 Å². The lowest BCUT2D eigenvalue weighted by Crippen LogP contribution is -2.19. The summed E-state index contributed by atoms with van der Waals surface area (Å²) >= 11 is 2.00. The molecular formula is C12H16N2O2S. The van der Waals surface area contributed by atoms with E-state index in [1.807, 2.05) is 17.8 Å². The largest absolute Gasteiger partial charge is 0.384 e. The molecule has 17 heavy (non-hydrogen) atoms. The monoisotopic (exact) mass is 252 g/mol. The topological polar surface area (TPSA) is 55.2 Å². The smallest absolute Gasteiger partial charge is 0.271 e. The van der Waals surface area contributed by atoms with E-state index in [-0.39, 0.29) is 10.6 Å². The van der Waals surface area contributed by atoms with E-state index in [9.17, 15) is 10.1 Å². The highest BCUT2D eigenvalue weighted by molar-refractivity contribution is 7.99. The van der Waals surface area contributed by atoms with Crippen molar-refractivity contribution in [2.45, 2.75) is 24.5 Å². The van der Waals surface area contributed by atoms with E-state index in [0.29, 0.717) is 5.25 Å². The molecule has 0 aliphatic carbocycles. The first-order valence-electron chi connectivity index (χ1n) is 5.85. The molecule has 1 aliphatic heterocycles. The van der Waals surface area contributed by atoms with Gasteiger partial charge in [0.05, 0.1) is 4.92 Å². The van der Waals surface area contributed by atoms with Crippen molar-refractivity contribution in [2.24, 2.45) is 0 Å². The van der Waals surface area contributed by atoms with E-state index in [4.69, 9.17) is 0 Å². The van der Waals surface area contributed by atoms with Gasteiger partial charge in [-0.3, -0.25) is 10.1 Å². The predicted octanol–water partition coefficient (Wildman–Crippen LogP) is 3.29. The molecule has 0 amide bonds. The average Bonchev–Trinajstić information content (AvgIpc) is 2.38. The summed E-state index contributed by atoms with van der Waals surface area (Å²) in [5.74, 6) is 1.24. The Labute approximate surface area is 105 Å². The van der Waals surface area contributed by atoms with Gasteiger partial charge in [-0.05, 0) is 24.7 Å². The SMILES string of the molecule is O=[N+]([O-])c1cccc(NCC2CCCCS2)c1. The number of thioether (sulfide) groups is 1. The second kappa shape index (κ2) is 5.91. The molecule has 1 aromatic rings. The number of anilines is 1.